The zero-order chi connectivity index (χ0) is 19.0. The fourth-order valence-electron chi connectivity index (χ4n) is 2.92. The minimum atomic E-state index is -2.92. The summed E-state index contributed by atoms with van der Waals surface area (Å²) >= 11 is 0. The molecule has 0 atom stereocenters. The van der Waals surface area contributed by atoms with Gasteiger partial charge in [-0.15, -0.1) is 24.0 Å². The van der Waals surface area contributed by atoms with E-state index in [1.807, 2.05) is 19.1 Å². The first kappa shape index (κ1) is 23.8. The molecule has 1 aliphatic heterocycles. The van der Waals surface area contributed by atoms with Gasteiger partial charge in [-0.1, -0.05) is 6.07 Å². The van der Waals surface area contributed by atoms with Crippen molar-refractivity contribution in [3.05, 3.63) is 24.3 Å². The number of methoxy groups -OCH3 is 1. The molecular weight excluding hydrogens is 479 g/mol. The van der Waals surface area contributed by atoms with Crippen LogP contribution < -0.4 is 15.0 Å². The molecule has 9 heteroatoms. The third kappa shape index (κ3) is 8.12. The monoisotopic (exact) mass is 510 g/mol. The molecule has 154 valence electrons. The molecule has 0 radical (unpaired) electrons. The molecule has 0 saturated carbocycles. The number of anilines is 1. The number of aliphatic imine (C=N–C) groups is 1. The SMILES string of the molecule is CCNC(=NCCCS(C)(=O)=O)N1CCN(c2cccc(OC)c2)CC1.I. The van der Waals surface area contributed by atoms with Crippen LogP contribution in [0.15, 0.2) is 29.3 Å². The Labute approximate surface area is 180 Å². The fraction of sp³-hybridized carbons (Fsp3) is 0.611. The minimum absolute atomic E-state index is 0. The number of halogens is 1. The smallest absolute Gasteiger partial charge is 0.194 e. The summed E-state index contributed by atoms with van der Waals surface area (Å²) in [6.07, 6.45) is 1.82. The summed E-state index contributed by atoms with van der Waals surface area (Å²) < 4.78 is 27.8. The molecule has 1 fully saturated rings. The van der Waals surface area contributed by atoms with Gasteiger partial charge in [-0.05, 0) is 25.5 Å². The first-order chi connectivity index (χ1) is 12.4. The second-order valence-corrected chi connectivity index (χ2v) is 8.65. The lowest BCUT2D eigenvalue weighted by molar-refractivity contribution is 0.372. The number of hydrogen-bond donors (Lipinski definition) is 1. The standard InChI is InChI=1S/C18H30N4O3S.HI/c1-4-19-18(20-9-6-14-26(3,23)24)22-12-10-21(11-13-22)16-7-5-8-17(15-16)25-2;/h5,7-8,15H,4,6,9-14H2,1-3H3,(H,19,20);1H. The molecule has 0 amide bonds. The lowest BCUT2D eigenvalue weighted by Crippen LogP contribution is -2.52. The molecule has 0 unspecified atom stereocenters. The van der Waals surface area contributed by atoms with Crippen molar-refractivity contribution in [3.8, 4) is 5.75 Å². The molecule has 27 heavy (non-hydrogen) atoms. The number of hydrogen-bond acceptors (Lipinski definition) is 5. The highest BCUT2D eigenvalue weighted by atomic mass is 127. The average Bonchev–Trinajstić information content (AvgIpc) is 2.63. The number of rotatable bonds is 7. The van der Waals surface area contributed by atoms with E-state index in [0.717, 1.165) is 44.4 Å². The van der Waals surface area contributed by atoms with E-state index in [9.17, 15) is 8.42 Å². The molecule has 1 heterocycles. The van der Waals surface area contributed by atoms with Gasteiger partial charge in [-0.2, -0.15) is 0 Å². The maximum atomic E-state index is 11.2. The Hall–Kier alpha value is -1.23. The number of sulfone groups is 1. The number of nitrogens with one attached hydrogen (secondary N) is 1. The van der Waals surface area contributed by atoms with Crippen LogP contribution in [0.5, 0.6) is 5.75 Å². The van der Waals surface area contributed by atoms with Crippen LogP contribution in [0.2, 0.25) is 0 Å². The normalized spacial score (nSPS) is 15.3. The predicted molar refractivity (Wildman–Crippen MR) is 123 cm³/mol. The number of benzene rings is 1. The van der Waals surface area contributed by atoms with Crippen LogP contribution in [0.3, 0.4) is 0 Å². The van der Waals surface area contributed by atoms with Crippen LogP contribution in [-0.2, 0) is 9.84 Å². The van der Waals surface area contributed by atoms with Crippen molar-refractivity contribution in [2.45, 2.75) is 13.3 Å². The van der Waals surface area contributed by atoms with Crippen LogP contribution in [0, 0.1) is 0 Å². The van der Waals surface area contributed by atoms with Crippen LogP contribution in [0.25, 0.3) is 0 Å². The van der Waals surface area contributed by atoms with Crippen molar-refractivity contribution < 1.29 is 13.2 Å². The number of piperazine rings is 1. The molecule has 0 aliphatic carbocycles. The van der Waals surface area contributed by atoms with Crippen molar-refractivity contribution in [2.24, 2.45) is 4.99 Å². The third-order valence-corrected chi connectivity index (χ3v) is 5.30. The summed E-state index contributed by atoms with van der Waals surface area (Å²) in [6, 6.07) is 8.11. The fourth-order valence-corrected chi connectivity index (χ4v) is 3.57. The largest absolute Gasteiger partial charge is 0.497 e. The van der Waals surface area contributed by atoms with Gasteiger partial charge in [0.1, 0.15) is 15.6 Å². The summed E-state index contributed by atoms with van der Waals surface area (Å²) in [5.74, 6) is 1.91. The van der Waals surface area contributed by atoms with E-state index in [1.165, 1.54) is 11.9 Å². The number of ether oxygens (including phenoxy) is 1. The second kappa shape index (κ2) is 11.6. The molecule has 0 spiro atoms. The van der Waals surface area contributed by atoms with Gasteiger partial charge in [0.05, 0.1) is 12.9 Å². The van der Waals surface area contributed by atoms with Crippen molar-refractivity contribution in [1.82, 2.24) is 10.2 Å². The van der Waals surface area contributed by atoms with Crippen molar-refractivity contribution in [2.75, 3.05) is 63.3 Å². The van der Waals surface area contributed by atoms with E-state index in [0.29, 0.717) is 13.0 Å². The van der Waals surface area contributed by atoms with Crippen molar-refractivity contribution in [3.63, 3.8) is 0 Å². The summed E-state index contributed by atoms with van der Waals surface area (Å²) in [4.78, 5) is 9.17. The molecule has 7 nitrogen and oxygen atoms in total. The lowest BCUT2D eigenvalue weighted by atomic mass is 10.2. The van der Waals surface area contributed by atoms with Gasteiger partial charge in [-0.3, -0.25) is 4.99 Å². The molecular formula is C18H31IN4O3S. The Balaban J connectivity index is 0.00000364. The molecule has 2 rings (SSSR count). The van der Waals surface area contributed by atoms with Crippen LogP contribution >= 0.6 is 24.0 Å². The predicted octanol–water partition coefficient (Wildman–Crippen LogP) is 1.84. The molecule has 1 saturated heterocycles. The zero-order valence-electron chi connectivity index (χ0n) is 16.3. The van der Waals surface area contributed by atoms with Gasteiger partial charge < -0.3 is 19.9 Å². The third-order valence-electron chi connectivity index (χ3n) is 4.27. The number of nitrogens with zero attached hydrogens (tertiary/aromatic N) is 3. The molecule has 1 N–H and O–H groups in total. The van der Waals surface area contributed by atoms with Gasteiger partial charge in [0.2, 0.25) is 0 Å². The second-order valence-electron chi connectivity index (χ2n) is 6.39. The van der Waals surface area contributed by atoms with Crippen LogP contribution in [0.1, 0.15) is 13.3 Å². The summed E-state index contributed by atoms with van der Waals surface area (Å²) in [5.41, 5.74) is 1.17. The molecule has 1 aliphatic rings. The summed E-state index contributed by atoms with van der Waals surface area (Å²) in [7, 11) is -1.24. The van der Waals surface area contributed by atoms with Gasteiger partial charge in [0.15, 0.2) is 5.96 Å². The van der Waals surface area contributed by atoms with Gasteiger partial charge in [0.25, 0.3) is 0 Å². The minimum Gasteiger partial charge on any atom is -0.497 e. The van der Waals surface area contributed by atoms with Crippen LogP contribution in [-0.4, -0.2) is 77.7 Å². The zero-order valence-corrected chi connectivity index (χ0v) is 19.5. The highest BCUT2D eigenvalue weighted by Crippen LogP contribution is 2.22. The average molecular weight is 510 g/mol. The van der Waals surface area contributed by atoms with Gasteiger partial charge in [-0.25, -0.2) is 8.42 Å². The highest BCUT2D eigenvalue weighted by molar-refractivity contribution is 14.0. The van der Waals surface area contributed by atoms with Crippen molar-refractivity contribution >= 4 is 45.5 Å². The summed E-state index contributed by atoms with van der Waals surface area (Å²) in [6.45, 7) is 6.90. The van der Waals surface area contributed by atoms with Gasteiger partial charge >= 0.3 is 0 Å². The van der Waals surface area contributed by atoms with E-state index < -0.39 is 9.84 Å². The Morgan fingerprint density at radius 2 is 1.96 bits per heavy atom. The van der Waals surface area contributed by atoms with E-state index in [4.69, 9.17) is 4.74 Å². The molecule has 0 bridgehead atoms. The maximum absolute atomic E-state index is 11.2. The Kier molecular flexibility index (Phi) is 10.2. The lowest BCUT2D eigenvalue weighted by Gasteiger charge is -2.37. The van der Waals surface area contributed by atoms with Gasteiger partial charge in [0, 0.05) is 57.3 Å². The Morgan fingerprint density at radius 1 is 1.26 bits per heavy atom. The molecule has 1 aromatic rings. The maximum Gasteiger partial charge on any atom is 0.194 e. The van der Waals surface area contributed by atoms with E-state index >= 15 is 0 Å². The first-order valence-electron chi connectivity index (χ1n) is 9.03. The molecule has 0 aromatic heterocycles. The number of guanidine groups is 1. The molecule has 1 aromatic carbocycles. The first-order valence-corrected chi connectivity index (χ1v) is 11.1. The Bertz CT molecular complexity index is 704. The van der Waals surface area contributed by atoms with Crippen molar-refractivity contribution in [1.29, 1.82) is 0 Å². The Morgan fingerprint density at radius 3 is 2.56 bits per heavy atom. The van der Waals surface area contributed by atoms with E-state index in [-0.39, 0.29) is 29.7 Å². The van der Waals surface area contributed by atoms with Crippen LogP contribution in [0.4, 0.5) is 5.69 Å². The van der Waals surface area contributed by atoms with E-state index in [1.54, 1.807) is 7.11 Å². The highest BCUT2D eigenvalue weighted by Gasteiger charge is 2.20. The summed E-state index contributed by atoms with van der Waals surface area (Å²) in [5, 5.41) is 3.31. The topological polar surface area (TPSA) is 74.2 Å². The van der Waals surface area contributed by atoms with E-state index in [2.05, 4.69) is 32.2 Å². The quantitative estimate of drug-likeness (QED) is 0.261.